The van der Waals surface area contributed by atoms with Crippen molar-refractivity contribution in [2.24, 2.45) is 0 Å². The number of amides is 1. The lowest BCUT2D eigenvalue weighted by Gasteiger charge is -2.41. The van der Waals surface area contributed by atoms with Gasteiger partial charge < -0.3 is 35.2 Å². The first-order valence-corrected chi connectivity index (χ1v) is 38.4. The Balaban J connectivity index is 2.19. The van der Waals surface area contributed by atoms with Gasteiger partial charge in [-0.15, -0.1) is 0 Å². The van der Waals surface area contributed by atoms with Crippen molar-refractivity contribution >= 4 is 16.3 Å². The Morgan fingerprint density at radius 3 is 1.06 bits per heavy atom. The number of carbonyl (C=O) groups is 1. The van der Waals surface area contributed by atoms with E-state index in [1.165, 1.54) is 308 Å². The second-order valence-corrected chi connectivity index (χ2v) is 27.3. The molecule has 506 valence electrons. The molecule has 12 nitrogen and oxygen atoms in total. The molecule has 1 aliphatic rings. The Bertz CT molecular complexity index is 1540. The van der Waals surface area contributed by atoms with Gasteiger partial charge in [0.2, 0.25) is 5.91 Å². The fraction of sp³-hybridized carbons (Fsp3) is 0.958. The fourth-order valence-corrected chi connectivity index (χ4v) is 12.9. The van der Waals surface area contributed by atoms with Crippen LogP contribution in [0.3, 0.4) is 0 Å². The summed E-state index contributed by atoms with van der Waals surface area (Å²) in [6.45, 7) is 3.53. The molecular formula is C72H141NO11S. The Morgan fingerprint density at radius 2 is 0.753 bits per heavy atom. The highest BCUT2D eigenvalue weighted by molar-refractivity contribution is 7.80. The smallest absolute Gasteiger partial charge is 0.394 e. The number of hydrogen-bond acceptors (Lipinski definition) is 10. The van der Waals surface area contributed by atoms with Gasteiger partial charge in [-0.3, -0.25) is 9.35 Å². The molecule has 0 aromatic heterocycles. The summed E-state index contributed by atoms with van der Waals surface area (Å²) in [7, 11) is -5.08. The summed E-state index contributed by atoms with van der Waals surface area (Å²) in [6, 6.07) is -0.857. The molecule has 1 fully saturated rings. The maximum Gasteiger partial charge on any atom is 0.397 e. The summed E-state index contributed by atoms with van der Waals surface area (Å²) in [6.07, 6.45) is 69.7. The third-order valence-electron chi connectivity index (χ3n) is 18.1. The van der Waals surface area contributed by atoms with E-state index in [-0.39, 0.29) is 12.5 Å². The molecule has 85 heavy (non-hydrogen) atoms. The minimum Gasteiger partial charge on any atom is -0.394 e. The largest absolute Gasteiger partial charge is 0.397 e. The number of aliphatic hydroxyl groups is 4. The molecule has 6 N–H and O–H groups in total. The van der Waals surface area contributed by atoms with Gasteiger partial charge in [-0.2, -0.15) is 8.42 Å². The van der Waals surface area contributed by atoms with E-state index in [4.69, 9.17) is 9.47 Å². The molecule has 0 saturated carbocycles. The average Bonchev–Trinajstić information content (AvgIpc) is 3.61. The topological polar surface area (TPSA) is 192 Å². The van der Waals surface area contributed by atoms with E-state index in [0.717, 1.165) is 51.4 Å². The van der Waals surface area contributed by atoms with Crippen molar-refractivity contribution < 1.29 is 51.8 Å². The minimum atomic E-state index is -5.08. The molecule has 1 saturated heterocycles. The van der Waals surface area contributed by atoms with E-state index >= 15 is 0 Å². The Hall–Kier alpha value is -1.16. The zero-order valence-electron chi connectivity index (χ0n) is 55.7. The highest BCUT2D eigenvalue weighted by Gasteiger charge is 2.48. The molecular weight excluding hydrogens is 1090 g/mol. The van der Waals surface area contributed by atoms with Gasteiger partial charge in [-0.1, -0.05) is 353 Å². The highest BCUT2D eigenvalue weighted by Crippen LogP contribution is 2.27. The third-order valence-corrected chi connectivity index (χ3v) is 18.5. The summed E-state index contributed by atoms with van der Waals surface area (Å²) < 4.78 is 48.2. The van der Waals surface area contributed by atoms with Crippen molar-refractivity contribution in [3.05, 3.63) is 12.2 Å². The first-order valence-electron chi connectivity index (χ1n) is 37.1. The second-order valence-electron chi connectivity index (χ2n) is 26.2. The lowest BCUT2D eigenvalue weighted by atomic mass is 9.99. The normalized spacial score (nSPS) is 18.2. The van der Waals surface area contributed by atoms with Crippen molar-refractivity contribution in [3.8, 4) is 0 Å². The molecule has 1 aliphatic heterocycles. The van der Waals surface area contributed by atoms with Crippen molar-refractivity contribution in [2.75, 3.05) is 13.2 Å². The predicted molar refractivity (Wildman–Crippen MR) is 356 cm³/mol. The monoisotopic (exact) mass is 1230 g/mol. The molecule has 0 aromatic rings. The van der Waals surface area contributed by atoms with Crippen LogP contribution >= 0.6 is 0 Å². The van der Waals surface area contributed by atoms with Gasteiger partial charge in [0.05, 0.1) is 25.4 Å². The van der Waals surface area contributed by atoms with E-state index in [0.29, 0.717) is 12.8 Å². The van der Waals surface area contributed by atoms with Gasteiger partial charge in [0.15, 0.2) is 6.29 Å². The minimum absolute atomic E-state index is 0.220. The molecule has 13 heteroatoms. The molecule has 0 aliphatic carbocycles. The van der Waals surface area contributed by atoms with Crippen molar-refractivity contribution in [1.82, 2.24) is 5.32 Å². The van der Waals surface area contributed by atoms with Crippen LogP contribution in [0.15, 0.2) is 12.2 Å². The Kier molecular flexibility index (Phi) is 59.4. The Labute approximate surface area is 525 Å². The lowest BCUT2D eigenvalue weighted by molar-refractivity contribution is -0.298. The van der Waals surface area contributed by atoms with Gasteiger partial charge in [-0.05, 0) is 38.5 Å². The summed E-state index contributed by atoms with van der Waals surface area (Å²) in [5.41, 5.74) is 0. The van der Waals surface area contributed by atoms with Crippen LogP contribution in [0, 0.1) is 0 Å². The number of hydrogen-bond donors (Lipinski definition) is 6. The molecule has 0 spiro atoms. The molecule has 1 heterocycles. The third kappa shape index (κ3) is 53.2. The maximum absolute atomic E-state index is 13.2. The first kappa shape index (κ1) is 81.9. The van der Waals surface area contributed by atoms with E-state index in [2.05, 4.69) is 35.5 Å². The van der Waals surface area contributed by atoms with Crippen LogP contribution in [-0.2, 0) is 28.9 Å². The number of aliphatic hydroxyl groups excluding tert-OH is 4. The number of ether oxygens (including phenoxy) is 2. The van der Waals surface area contributed by atoms with Crippen molar-refractivity contribution in [1.29, 1.82) is 0 Å². The van der Waals surface area contributed by atoms with Crippen LogP contribution in [0.1, 0.15) is 386 Å². The molecule has 1 amide bonds. The first-order chi connectivity index (χ1) is 41.5. The van der Waals surface area contributed by atoms with Gasteiger partial charge in [-0.25, -0.2) is 4.18 Å². The summed E-state index contributed by atoms with van der Waals surface area (Å²) in [4.78, 5) is 13.2. The van der Waals surface area contributed by atoms with Crippen LogP contribution in [0.5, 0.6) is 0 Å². The highest BCUT2D eigenvalue weighted by atomic mass is 32.3. The number of rotatable bonds is 67. The van der Waals surface area contributed by atoms with Gasteiger partial charge in [0.25, 0.3) is 0 Å². The fourth-order valence-electron chi connectivity index (χ4n) is 12.4. The van der Waals surface area contributed by atoms with E-state index < -0.39 is 59.9 Å². The van der Waals surface area contributed by atoms with Crippen molar-refractivity contribution in [2.45, 2.75) is 429 Å². The van der Waals surface area contributed by atoms with Gasteiger partial charge in [0.1, 0.15) is 24.4 Å². The van der Waals surface area contributed by atoms with Crippen LogP contribution in [0.2, 0.25) is 0 Å². The second kappa shape index (κ2) is 61.7. The zero-order valence-corrected chi connectivity index (χ0v) is 56.5. The lowest BCUT2D eigenvalue weighted by Crippen LogP contribution is -2.61. The van der Waals surface area contributed by atoms with Crippen LogP contribution in [0.4, 0.5) is 0 Å². The van der Waals surface area contributed by atoms with Crippen molar-refractivity contribution in [3.63, 3.8) is 0 Å². The average molecular weight is 1230 g/mol. The molecule has 0 radical (unpaired) electrons. The molecule has 7 unspecified atom stereocenters. The van der Waals surface area contributed by atoms with Gasteiger partial charge in [0, 0.05) is 6.42 Å². The molecule has 0 aromatic carbocycles. The molecule has 0 bridgehead atoms. The number of nitrogens with one attached hydrogen (secondary N) is 1. The Morgan fingerprint density at radius 1 is 0.459 bits per heavy atom. The summed E-state index contributed by atoms with van der Waals surface area (Å²) >= 11 is 0. The van der Waals surface area contributed by atoms with E-state index in [9.17, 15) is 38.2 Å². The van der Waals surface area contributed by atoms with Gasteiger partial charge >= 0.3 is 10.4 Å². The number of carbonyl (C=O) groups excluding carboxylic acids is 1. The maximum atomic E-state index is 13.2. The number of allylic oxidation sites excluding steroid dienone is 2. The standard InChI is InChI=1S/C72H141NO11S/c1-3-5-7-9-11-13-15-17-19-21-23-25-27-29-30-31-32-33-34-35-36-38-40-42-44-46-48-50-52-54-56-58-60-62-68(76)73-65(64-82-72-70(78)71(84-85(79,80)81)69(77)67(63-74)83-72)66(75)61-59-57-55-53-51-49-47-45-43-41-39-37-28-26-24-22-20-18-16-14-12-10-8-6-4-2/h29-30,65-67,69-72,74-75,77-78H,3-28,31-64H2,1-2H3,(H,73,76)(H,79,80,81)/b30-29-. The van der Waals surface area contributed by atoms with Crippen LogP contribution in [0.25, 0.3) is 0 Å². The number of unbranched alkanes of at least 4 members (excludes halogenated alkanes) is 53. The molecule has 7 atom stereocenters. The summed E-state index contributed by atoms with van der Waals surface area (Å²) in [5, 5.41) is 45.4. The predicted octanol–water partition coefficient (Wildman–Crippen LogP) is 19.7. The summed E-state index contributed by atoms with van der Waals surface area (Å²) in [5.74, 6) is -0.220. The van der Waals surface area contributed by atoms with E-state index in [1.807, 2.05) is 0 Å². The van der Waals surface area contributed by atoms with E-state index in [1.54, 1.807) is 0 Å². The zero-order chi connectivity index (χ0) is 61.8. The SMILES string of the molecule is CCCCCCCCCCCCCC/C=C\CCCCCCCCCCCCCCCCCCCC(=O)NC(COC1OC(CO)C(O)C(OS(=O)(=O)O)C1O)C(O)CCCCCCCCCCCCCCCCCCCCCCCCCCC. The van der Waals surface area contributed by atoms with Crippen LogP contribution < -0.4 is 5.32 Å². The molecule has 1 rings (SSSR count). The van der Waals surface area contributed by atoms with Crippen LogP contribution in [-0.4, -0.2) is 95.4 Å². The quantitative estimate of drug-likeness (QED) is 0.0193.